The minimum Gasteiger partial charge on any atom is -0.348 e. The normalized spacial score (nSPS) is 10.7. The van der Waals surface area contributed by atoms with E-state index in [0.29, 0.717) is 6.54 Å². The SMILES string of the molecule is CCCc1nccn1CC(=O)c1cccn1C. The second kappa shape index (κ2) is 4.99. The number of Topliss-reactive ketones (excluding diaryl/α,β-unsaturated/α-hetero) is 1. The molecule has 0 N–H and O–H groups in total. The van der Waals surface area contributed by atoms with E-state index >= 15 is 0 Å². The third kappa shape index (κ3) is 2.46. The van der Waals surface area contributed by atoms with Crippen LogP contribution in [0.1, 0.15) is 29.7 Å². The Bertz CT molecular complexity index is 510. The number of carbonyl (C=O) groups excluding carboxylic acids is 1. The highest BCUT2D eigenvalue weighted by atomic mass is 16.1. The van der Waals surface area contributed by atoms with Crippen LogP contribution in [0, 0.1) is 0 Å². The second-order valence-electron chi connectivity index (χ2n) is 4.15. The van der Waals surface area contributed by atoms with Gasteiger partial charge in [-0.15, -0.1) is 0 Å². The Morgan fingerprint density at radius 2 is 2.24 bits per heavy atom. The molecule has 0 aliphatic rings. The number of aromatic nitrogens is 3. The number of aryl methyl sites for hydroxylation is 2. The number of carbonyl (C=O) groups is 1. The molecule has 4 heteroatoms. The van der Waals surface area contributed by atoms with Gasteiger partial charge in [0.2, 0.25) is 0 Å². The second-order valence-corrected chi connectivity index (χ2v) is 4.15. The van der Waals surface area contributed by atoms with Crippen molar-refractivity contribution in [3.05, 3.63) is 42.2 Å². The molecule has 0 saturated heterocycles. The monoisotopic (exact) mass is 231 g/mol. The maximum Gasteiger partial charge on any atom is 0.198 e. The average Bonchev–Trinajstić information content (AvgIpc) is 2.89. The molecular formula is C13H17N3O. The third-order valence-electron chi connectivity index (χ3n) is 2.82. The predicted octanol–water partition coefficient (Wildman–Crippen LogP) is 2.06. The van der Waals surface area contributed by atoms with Crippen molar-refractivity contribution in [2.24, 2.45) is 7.05 Å². The van der Waals surface area contributed by atoms with Gasteiger partial charge in [0.15, 0.2) is 5.78 Å². The zero-order valence-electron chi connectivity index (χ0n) is 10.3. The molecule has 0 spiro atoms. The molecule has 2 aromatic rings. The van der Waals surface area contributed by atoms with Gasteiger partial charge in [-0.25, -0.2) is 4.98 Å². The highest BCUT2D eigenvalue weighted by Crippen LogP contribution is 2.06. The number of ketones is 1. The van der Waals surface area contributed by atoms with Crippen LogP contribution in [0.4, 0.5) is 0 Å². The van der Waals surface area contributed by atoms with Gasteiger partial charge in [0.25, 0.3) is 0 Å². The fourth-order valence-corrected chi connectivity index (χ4v) is 1.92. The van der Waals surface area contributed by atoms with E-state index in [-0.39, 0.29) is 5.78 Å². The first-order chi connectivity index (χ1) is 8.22. The molecule has 17 heavy (non-hydrogen) atoms. The number of rotatable bonds is 5. The molecule has 0 aliphatic heterocycles. The number of imidazole rings is 1. The molecule has 0 unspecified atom stereocenters. The first-order valence-electron chi connectivity index (χ1n) is 5.87. The molecule has 0 saturated carbocycles. The largest absolute Gasteiger partial charge is 0.348 e. The van der Waals surface area contributed by atoms with Crippen molar-refractivity contribution >= 4 is 5.78 Å². The van der Waals surface area contributed by atoms with Crippen molar-refractivity contribution in [2.45, 2.75) is 26.3 Å². The summed E-state index contributed by atoms with van der Waals surface area (Å²) in [6.07, 6.45) is 7.45. The van der Waals surface area contributed by atoms with Crippen LogP contribution in [0.2, 0.25) is 0 Å². The Morgan fingerprint density at radius 1 is 1.41 bits per heavy atom. The van der Waals surface area contributed by atoms with E-state index in [1.165, 1.54) is 0 Å². The summed E-state index contributed by atoms with van der Waals surface area (Å²) in [5.41, 5.74) is 0.737. The third-order valence-corrected chi connectivity index (χ3v) is 2.82. The first-order valence-corrected chi connectivity index (χ1v) is 5.87. The molecule has 0 aromatic carbocycles. The summed E-state index contributed by atoms with van der Waals surface area (Å²) >= 11 is 0. The highest BCUT2D eigenvalue weighted by molar-refractivity contribution is 5.94. The van der Waals surface area contributed by atoms with Gasteiger partial charge >= 0.3 is 0 Å². The molecule has 2 heterocycles. The van der Waals surface area contributed by atoms with Crippen LogP contribution in [-0.2, 0) is 20.0 Å². The number of hydrogen-bond acceptors (Lipinski definition) is 2. The quantitative estimate of drug-likeness (QED) is 0.739. The lowest BCUT2D eigenvalue weighted by molar-refractivity contribution is 0.0963. The first kappa shape index (κ1) is 11.6. The minimum atomic E-state index is 0.118. The van der Waals surface area contributed by atoms with Crippen molar-refractivity contribution < 1.29 is 4.79 Å². The Balaban J connectivity index is 2.13. The van der Waals surface area contributed by atoms with Crippen LogP contribution in [-0.4, -0.2) is 19.9 Å². The van der Waals surface area contributed by atoms with E-state index in [0.717, 1.165) is 24.4 Å². The van der Waals surface area contributed by atoms with Crippen molar-refractivity contribution in [1.82, 2.24) is 14.1 Å². The predicted molar refractivity (Wildman–Crippen MR) is 66.0 cm³/mol. The number of hydrogen-bond donors (Lipinski definition) is 0. The van der Waals surface area contributed by atoms with E-state index in [1.54, 1.807) is 6.20 Å². The summed E-state index contributed by atoms with van der Waals surface area (Å²) in [7, 11) is 1.88. The molecule has 0 radical (unpaired) electrons. The standard InChI is InChI=1S/C13H17N3O/c1-3-5-13-14-7-9-16(13)10-12(17)11-6-4-8-15(11)2/h4,6-9H,3,5,10H2,1-2H3. The lowest BCUT2D eigenvalue weighted by atomic mass is 10.2. The summed E-state index contributed by atoms with van der Waals surface area (Å²) in [5.74, 6) is 1.10. The van der Waals surface area contributed by atoms with Crippen LogP contribution in [0.3, 0.4) is 0 Å². The summed E-state index contributed by atoms with van der Waals surface area (Å²) < 4.78 is 3.78. The average molecular weight is 231 g/mol. The van der Waals surface area contributed by atoms with E-state index in [4.69, 9.17) is 0 Å². The van der Waals surface area contributed by atoms with E-state index in [2.05, 4.69) is 11.9 Å². The molecule has 0 bridgehead atoms. The zero-order chi connectivity index (χ0) is 12.3. The molecule has 2 aromatic heterocycles. The Morgan fingerprint density at radius 3 is 2.88 bits per heavy atom. The Hall–Kier alpha value is -1.84. The maximum absolute atomic E-state index is 12.1. The van der Waals surface area contributed by atoms with Crippen molar-refractivity contribution in [1.29, 1.82) is 0 Å². The zero-order valence-corrected chi connectivity index (χ0v) is 10.3. The fourth-order valence-electron chi connectivity index (χ4n) is 1.92. The fraction of sp³-hybridized carbons (Fsp3) is 0.385. The van der Waals surface area contributed by atoms with Crippen molar-refractivity contribution in [2.75, 3.05) is 0 Å². The summed E-state index contributed by atoms with van der Waals surface area (Å²) in [6, 6.07) is 3.73. The van der Waals surface area contributed by atoms with Gasteiger partial charge in [0.05, 0.1) is 12.2 Å². The van der Waals surface area contributed by atoms with E-state index < -0.39 is 0 Å². The van der Waals surface area contributed by atoms with Gasteiger partial charge in [-0.05, 0) is 18.6 Å². The van der Waals surface area contributed by atoms with Crippen molar-refractivity contribution in [3.63, 3.8) is 0 Å². The van der Waals surface area contributed by atoms with Gasteiger partial charge in [0, 0.05) is 32.1 Å². The lowest BCUT2D eigenvalue weighted by Crippen LogP contribution is -2.15. The smallest absolute Gasteiger partial charge is 0.198 e. The van der Waals surface area contributed by atoms with Gasteiger partial charge in [-0.3, -0.25) is 4.79 Å². The lowest BCUT2D eigenvalue weighted by Gasteiger charge is -2.07. The Kier molecular flexibility index (Phi) is 3.42. The molecule has 0 amide bonds. The molecular weight excluding hydrogens is 214 g/mol. The summed E-state index contributed by atoms with van der Waals surface area (Å²) in [5, 5.41) is 0. The van der Waals surface area contributed by atoms with Crippen molar-refractivity contribution in [3.8, 4) is 0 Å². The molecule has 0 atom stereocenters. The number of nitrogens with zero attached hydrogens (tertiary/aromatic N) is 3. The van der Waals surface area contributed by atoms with E-state index in [1.807, 2.05) is 40.7 Å². The summed E-state index contributed by atoms with van der Waals surface area (Å²) in [4.78, 5) is 16.3. The minimum absolute atomic E-state index is 0.118. The molecule has 0 aliphatic carbocycles. The molecule has 2 rings (SSSR count). The van der Waals surface area contributed by atoms with Gasteiger partial charge in [-0.2, -0.15) is 0 Å². The van der Waals surface area contributed by atoms with Crippen LogP contribution >= 0.6 is 0 Å². The van der Waals surface area contributed by atoms with Gasteiger partial charge in [0.1, 0.15) is 5.82 Å². The highest BCUT2D eigenvalue weighted by Gasteiger charge is 2.11. The van der Waals surface area contributed by atoms with E-state index in [9.17, 15) is 4.79 Å². The van der Waals surface area contributed by atoms with Crippen LogP contribution in [0.15, 0.2) is 30.7 Å². The van der Waals surface area contributed by atoms with Crippen LogP contribution in [0.5, 0.6) is 0 Å². The van der Waals surface area contributed by atoms with Crippen LogP contribution in [0.25, 0.3) is 0 Å². The molecule has 0 fully saturated rings. The molecule has 90 valence electrons. The maximum atomic E-state index is 12.1. The van der Waals surface area contributed by atoms with Gasteiger partial charge < -0.3 is 9.13 Å². The summed E-state index contributed by atoms with van der Waals surface area (Å²) in [6.45, 7) is 2.48. The molecule has 4 nitrogen and oxygen atoms in total. The Labute approximate surface area is 101 Å². The van der Waals surface area contributed by atoms with Crippen LogP contribution < -0.4 is 0 Å². The van der Waals surface area contributed by atoms with Gasteiger partial charge in [-0.1, -0.05) is 6.92 Å². The topological polar surface area (TPSA) is 39.8 Å².